The van der Waals surface area contributed by atoms with Crippen molar-refractivity contribution in [2.75, 3.05) is 29.1 Å². The van der Waals surface area contributed by atoms with Gasteiger partial charge in [-0.05, 0) is 77.1 Å². The van der Waals surface area contributed by atoms with E-state index in [1.807, 2.05) is 45.9 Å². The van der Waals surface area contributed by atoms with Crippen LogP contribution in [0.3, 0.4) is 0 Å². The number of rotatable bonds is 10. The number of nitrogens with one attached hydrogen (secondary N) is 2. The fourth-order valence-electron chi connectivity index (χ4n) is 4.99. The third kappa shape index (κ3) is 6.44. The number of para-hydroxylation sites is 1. The largest absolute Gasteiger partial charge is 0.322 e. The number of carbonyl (C=O) groups is 2. The van der Waals surface area contributed by atoms with Gasteiger partial charge in [-0.2, -0.15) is 0 Å². The van der Waals surface area contributed by atoms with Gasteiger partial charge in [-0.1, -0.05) is 49.2 Å². The van der Waals surface area contributed by atoms with Crippen LogP contribution in [0.5, 0.6) is 0 Å². The minimum absolute atomic E-state index is 0.0287. The topological polar surface area (TPSA) is 58.2 Å². The molecule has 0 saturated carbocycles. The predicted octanol–water partition coefficient (Wildman–Crippen LogP) is 7.03. The van der Waals surface area contributed by atoms with Crippen molar-refractivity contribution >= 4 is 30.5 Å². The molecule has 0 bridgehead atoms. The van der Waals surface area contributed by atoms with E-state index in [1.54, 1.807) is 0 Å². The van der Waals surface area contributed by atoms with Gasteiger partial charge in [0.15, 0.2) is 0 Å². The fraction of sp³-hybridized carbons (Fsp3) is 0.500. The second kappa shape index (κ2) is 11.8. The summed E-state index contributed by atoms with van der Waals surface area (Å²) in [4.78, 5) is 27.0. The van der Waals surface area contributed by atoms with Crippen molar-refractivity contribution in [3.8, 4) is 0 Å². The van der Waals surface area contributed by atoms with Crippen LogP contribution in [0.2, 0.25) is 0 Å². The fourth-order valence-corrected chi connectivity index (χ4v) is 9.00. The molecule has 0 aliphatic heterocycles. The van der Waals surface area contributed by atoms with Crippen LogP contribution in [-0.4, -0.2) is 36.0 Å². The van der Waals surface area contributed by atoms with Gasteiger partial charge in [0.1, 0.15) is 11.8 Å². The van der Waals surface area contributed by atoms with Crippen molar-refractivity contribution in [3.63, 3.8) is 0 Å². The molecule has 2 amide bonds. The molecule has 1 unspecified atom stereocenters. The van der Waals surface area contributed by atoms with Gasteiger partial charge in [-0.3, -0.25) is 9.59 Å². The quantitative estimate of drug-likeness (QED) is 0.367. The molecule has 2 aromatic carbocycles. The van der Waals surface area contributed by atoms with Crippen LogP contribution in [0.1, 0.15) is 61.4 Å². The molecule has 2 rings (SSSR count). The first-order chi connectivity index (χ1) is 15.6. The molecule has 0 aromatic heterocycles. The Labute approximate surface area is 201 Å². The predicted molar refractivity (Wildman–Crippen MR) is 145 cm³/mol. The number of carbonyl (C=O) groups excluding carboxylic acids is 2. The van der Waals surface area contributed by atoms with Crippen LogP contribution >= 0.6 is 7.26 Å². The second-order valence-corrected chi connectivity index (χ2v) is 14.0. The molecule has 0 spiro atoms. The standard InChI is InChI=1S/C28H41N2O2P/c1-9-13-24(28(32)30-27-22(7)16-19(4)17-23(27)8)33(10-2,11-3)18-25(31)29-26-20(5)14-12-15-21(26)6/h12,14-17,24H,9-11,13,18H2,1-8H3,(H-,29,30,31,32)/p+1. The monoisotopic (exact) mass is 469 g/mol. The molecular weight excluding hydrogens is 427 g/mol. The van der Waals surface area contributed by atoms with E-state index >= 15 is 0 Å². The molecule has 0 saturated heterocycles. The van der Waals surface area contributed by atoms with Crippen molar-refractivity contribution in [2.24, 2.45) is 0 Å². The van der Waals surface area contributed by atoms with Crippen LogP contribution in [0.4, 0.5) is 11.4 Å². The summed E-state index contributed by atoms with van der Waals surface area (Å²) in [7, 11) is -1.86. The van der Waals surface area contributed by atoms with Crippen molar-refractivity contribution < 1.29 is 9.59 Å². The van der Waals surface area contributed by atoms with Gasteiger partial charge in [0.2, 0.25) is 0 Å². The Hall–Kier alpha value is -2.19. The zero-order valence-corrected chi connectivity index (χ0v) is 22.7. The number of aryl methyl sites for hydroxylation is 5. The summed E-state index contributed by atoms with van der Waals surface area (Å²) in [5.74, 6) is 0.102. The number of anilines is 2. The number of benzene rings is 2. The Kier molecular flexibility index (Phi) is 9.67. The van der Waals surface area contributed by atoms with Crippen molar-refractivity contribution in [2.45, 2.75) is 73.9 Å². The maximum absolute atomic E-state index is 13.7. The summed E-state index contributed by atoms with van der Waals surface area (Å²) in [6, 6.07) is 10.3. The SMILES string of the molecule is CCCC(C(=O)Nc1c(C)cc(C)cc1C)[P+](CC)(CC)CC(=O)Nc1c(C)cccc1C. The molecule has 180 valence electrons. The molecule has 0 aliphatic carbocycles. The Morgan fingerprint density at radius 2 is 1.33 bits per heavy atom. The average Bonchev–Trinajstić information content (AvgIpc) is 2.75. The highest BCUT2D eigenvalue weighted by molar-refractivity contribution is 7.78. The van der Waals surface area contributed by atoms with E-state index < -0.39 is 7.26 Å². The number of hydrogen-bond donors (Lipinski definition) is 2. The molecule has 2 N–H and O–H groups in total. The smallest absolute Gasteiger partial charge is 0.265 e. The summed E-state index contributed by atoms with van der Waals surface area (Å²) < 4.78 is 0. The summed E-state index contributed by atoms with van der Waals surface area (Å²) in [5, 5.41) is 6.43. The molecule has 5 heteroatoms. The minimum atomic E-state index is -1.86. The van der Waals surface area contributed by atoms with Gasteiger partial charge in [0.25, 0.3) is 11.8 Å². The molecule has 0 fully saturated rings. The molecule has 0 radical (unpaired) electrons. The normalized spacial score (nSPS) is 12.4. The summed E-state index contributed by atoms with van der Waals surface area (Å²) >= 11 is 0. The highest BCUT2D eigenvalue weighted by Gasteiger charge is 2.48. The van der Waals surface area contributed by atoms with E-state index in [-0.39, 0.29) is 17.5 Å². The molecular formula is C28H42N2O2P+. The third-order valence-corrected chi connectivity index (χ3v) is 12.2. The van der Waals surface area contributed by atoms with E-state index in [1.165, 1.54) is 5.56 Å². The summed E-state index contributed by atoms with van der Waals surface area (Å²) in [5.41, 5.74) is 7.18. The van der Waals surface area contributed by atoms with Gasteiger partial charge in [0, 0.05) is 18.6 Å². The van der Waals surface area contributed by atoms with Crippen molar-refractivity contribution in [1.29, 1.82) is 0 Å². The van der Waals surface area contributed by atoms with Gasteiger partial charge in [-0.15, -0.1) is 0 Å². The number of hydrogen-bond acceptors (Lipinski definition) is 2. The van der Waals surface area contributed by atoms with Crippen LogP contribution in [0, 0.1) is 34.6 Å². The maximum Gasteiger partial charge on any atom is 0.265 e. The molecule has 0 heterocycles. The molecule has 0 aliphatic rings. The first-order valence-corrected chi connectivity index (χ1v) is 14.6. The third-order valence-electron chi connectivity index (χ3n) is 6.91. The lowest BCUT2D eigenvalue weighted by atomic mass is 10.0. The Morgan fingerprint density at radius 1 is 0.818 bits per heavy atom. The maximum atomic E-state index is 13.7. The Bertz CT molecular complexity index is 952. The van der Waals surface area contributed by atoms with Gasteiger partial charge < -0.3 is 10.6 Å². The Morgan fingerprint density at radius 3 is 1.82 bits per heavy atom. The molecule has 1 atom stereocenters. The highest BCUT2D eigenvalue weighted by atomic mass is 31.2. The first kappa shape index (κ1) is 27.1. The van der Waals surface area contributed by atoms with E-state index in [0.717, 1.165) is 58.8 Å². The van der Waals surface area contributed by atoms with Crippen LogP contribution < -0.4 is 10.6 Å². The minimum Gasteiger partial charge on any atom is -0.322 e. The van der Waals surface area contributed by atoms with E-state index in [9.17, 15) is 9.59 Å². The summed E-state index contributed by atoms with van der Waals surface area (Å²) in [6.45, 7) is 16.6. The lowest BCUT2D eigenvalue weighted by molar-refractivity contribution is -0.116. The van der Waals surface area contributed by atoms with Gasteiger partial charge in [0.05, 0.1) is 12.3 Å². The lowest BCUT2D eigenvalue weighted by Crippen LogP contribution is -2.36. The van der Waals surface area contributed by atoms with Crippen LogP contribution in [-0.2, 0) is 9.59 Å². The second-order valence-electron chi connectivity index (χ2n) is 9.39. The van der Waals surface area contributed by atoms with Crippen molar-refractivity contribution in [3.05, 3.63) is 58.1 Å². The van der Waals surface area contributed by atoms with E-state index in [2.05, 4.69) is 50.5 Å². The average molecular weight is 470 g/mol. The van der Waals surface area contributed by atoms with E-state index in [4.69, 9.17) is 0 Å². The molecule has 33 heavy (non-hydrogen) atoms. The first-order valence-electron chi connectivity index (χ1n) is 12.2. The van der Waals surface area contributed by atoms with Gasteiger partial charge in [-0.25, -0.2) is 0 Å². The molecule has 4 nitrogen and oxygen atoms in total. The van der Waals surface area contributed by atoms with Crippen molar-refractivity contribution in [1.82, 2.24) is 0 Å². The molecule has 2 aromatic rings. The highest BCUT2D eigenvalue weighted by Crippen LogP contribution is 2.63. The zero-order chi connectivity index (χ0) is 24.8. The van der Waals surface area contributed by atoms with Gasteiger partial charge >= 0.3 is 0 Å². The zero-order valence-electron chi connectivity index (χ0n) is 21.8. The van der Waals surface area contributed by atoms with Crippen LogP contribution in [0.15, 0.2) is 30.3 Å². The Balaban J connectivity index is 2.33. The van der Waals surface area contributed by atoms with E-state index in [0.29, 0.717) is 6.16 Å². The van der Waals surface area contributed by atoms with Crippen LogP contribution in [0.25, 0.3) is 0 Å². The number of amides is 2. The summed E-state index contributed by atoms with van der Waals surface area (Å²) in [6.07, 6.45) is 3.94. The lowest BCUT2D eigenvalue weighted by Gasteiger charge is -2.32.